The number of halogens is 2. The van der Waals surface area contributed by atoms with Crippen LogP contribution in [0.5, 0.6) is 0 Å². The summed E-state index contributed by atoms with van der Waals surface area (Å²) >= 11 is 0. The zero-order valence-corrected chi connectivity index (χ0v) is 14.9. The van der Waals surface area contributed by atoms with Crippen molar-refractivity contribution in [2.75, 3.05) is 13.1 Å². The van der Waals surface area contributed by atoms with Gasteiger partial charge in [0.25, 0.3) is 5.91 Å². The van der Waals surface area contributed by atoms with E-state index >= 15 is 0 Å². The highest BCUT2D eigenvalue weighted by Crippen LogP contribution is 2.24. The van der Waals surface area contributed by atoms with Crippen molar-refractivity contribution in [2.24, 2.45) is 5.73 Å². The molecule has 0 heterocycles. The molecule has 0 fully saturated rings. The normalized spacial score (nSPS) is 10.2. The van der Waals surface area contributed by atoms with Crippen LogP contribution in [0.2, 0.25) is 0 Å². The fraction of sp³-hybridized carbons (Fsp3) is 0.316. The Morgan fingerprint density at radius 3 is 2.33 bits per heavy atom. The van der Waals surface area contributed by atoms with Crippen LogP contribution in [-0.2, 0) is 0 Å². The second kappa shape index (κ2) is 9.40. The van der Waals surface area contributed by atoms with Crippen LogP contribution in [-0.4, -0.2) is 19.0 Å². The van der Waals surface area contributed by atoms with Gasteiger partial charge in [0.15, 0.2) is 0 Å². The van der Waals surface area contributed by atoms with Crippen LogP contribution in [0, 0.1) is 19.7 Å². The number of carbonyl (C=O) groups excluding carboxylic acids is 1. The first kappa shape index (κ1) is 20.1. The van der Waals surface area contributed by atoms with E-state index in [1.807, 2.05) is 32.0 Å². The van der Waals surface area contributed by atoms with Gasteiger partial charge in [0.2, 0.25) is 0 Å². The fourth-order valence-electron chi connectivity index (χ4n) is 2.37. The Kier molecular flexibility index (Phi) is 7.89. The number of amides is 1. The van der Waals surface area contributed by atoms with Gasteiger partial charge in [-0.3, -0.25) is 4.79 Å². The Balaban J connectivity index is 0.00000288. The quantitative estimate of drug-likeness (QED) is 0.774. The molecule has 0 aliphatic heterocycles. The zero-order valence-electron chi connectivity index (χ0n) is 14.1. The molecule has 0 aliphatic rings. The lowest BCUT2D eigenvalue weighted by atomic mass is 9.99. The van der Waals surface area contributed by atoms with Crippen molar-refractivity contribution in [3.8, 4) is 11.1 Å². The minimum absolute atomic E-state index is 0. The molecule has 0 spiro atoms. The third-order valence-electron chi connectivity index (χ3n) is 3.97. The molecule has 130 valence electrons. The topological polar surface area (TPSA) is 55.1 Å². The molecule has 0 saturated heterocycles. The van der Waals surface area contributed by atoms with Gasteiger partial charge in [-0.2, -0.15) is 0 Å². The fourth-order valence-corrected chi connectivity index (χ4v) is 2.37. The van der Waals surface area contributed by atoms with Crippen molar-refractivity contribution in [2.45, 2.75) is 26.7 Å². The number of rotatable bonds is 6. The summed E-state index contributed by atoms with van der Waals surface area (Å²) in [7, 11) is 0. The number of hydrogen-bond acceptors (Lipinski definition) is 2. The average molecular weight is 351 g/mol. The molecule has 2 rings (SSSR count). The van der Waals surface area contributed by atoms with Crippen molar-refractivity contribution >= 4 is 18.3 Å². The Labute approximate surface area is 148 Å². The minimum Gasteiger partial charge on any atom is -0.352 e. The highest BCUT2D eigenvalue weighted by atomic mass is 35.5. The summed E-state index contributed by atoms with van der Waals surface area (Å²) in [5.74, 6) is -0.886. The summed E-state index contributed by atoms with van der Waals surface area (Å²) in [4.78, 5) is 12.0. The van der Waals surface area contributed by atoms with Gasteiger partial charge in [-0.1, -0.05) is 24.3 Å². The lowest BCUT2D eigenvalue weighted by Gasteiger charge is -2.09. The SMILES string of the molecule is Cc1ccc(-c2ccc(C(=O)NCCCCN)c(F)c2)cc1C.Cl. The number of benzene rings is 2. The van der Waals surface area contributed by atoms with Gasteiger partial charge in [0.05, 0.1) is 5.56 Å². The molecule has 0 radical (unpaired) electrons. The highest BCUT2D eigenvalue weighted by Gasteiger charge is 2.12. The molecule has 5 heteroatoms. The van der Waals surface area contributed by atoms with Crippen LogP contribution >= 0.6 is 12.4 Å². The summed E-state index contributed by atoms with van der Waals surface area (Å²) in [6.45, 7) is 5.17. The summed E-state index contributed by atoms with van der Waals surface area (Å²) in [5, 5.41) is 2.72. The molecule has 0 bridgehead atoms. The maximum Gasteiger partial charge on any atom is 0.254 e. The standard InChI is InChI=1S/C19H23FN2O.ClH/c1-13-5-6-15(11-14(13)2)16-7-8-17(18(20)12-16)19(23)22-10-4-3-9-21;/h5-8,11-12H,3-4,9-10,21H2,1-2H3,(H,22,23);1H. The van der Waals surface area contributed by atoms with Crippen molar-refractivity contribution in [3.05, 3.63) is 58.9 Å². The van der Waals surface area contributed by atoms with Crippen molar-refractivity contribution < 1.29 is 9.18 Å². The smallest absolute Gasteiger partial charge is 0.254 e. The summed E-state index contributed by atoms with van der Waals surface area (Å²) in [5.41, 5.74) is 9.54. The zero-order chi connectivity index (χ0) is 16.8. The van der Waals surface area contributed by atoms with Crippen molar-refractivity contribution in [1.29, 1.82) is 0 Å². The first-order chi connectivity index (χ1) is 11.0. The minimum atomic E-state index is -0.503. The molecular weight excluding hydrogens is 327 g/mol. The number of aryl methyl sites for hydroxylation is 2. The molecule has 24 heavy (non-hydrogen) atoms. The van der Waals surface area contributed by atoms with Gasteiger partial charge in [0, 0.05) is 6.54 Å². The lowest BCUT2D eigenvalue weighted by Crippen LogP contribution is -2.25. The van der Waals surface area contributed by atoms with Gasteiger partial charge in [-0.05, 0) is 67.6 Å². The molecular formula is C19H24ClFN2O. The van der Waals surface area contributed by atoms with Crippen LogP contribution in [0.4, 0.5) is 4.39 Å². The molecule has 0 atom stereocenters. The van der Waals surface area contributed by atoms with E-state index in [-0.39, 0.29) is 23.9 Å². The molecule has 2 aromatic rings. The van der Waals surface area contributed by atoms with Crippen LogP contribution in [0.3, 0.4) is 0 Å². The van der Waals surface area contributed by atoms with Gasteiger partial charge in [-0.25, -0.2) is 4.39 Å². The summed E-state index contributed by atoms with van der Waals surface area (Å²) < 4.78 is 14.3. The molecule has 0 aliphatic carbocycles. The second-order valence-electron chi connectivity index (χ2n) is 5.75. The first-order valence-corrected chi connectivity index (χ1v) is 7.88. The Morgan fingerprint density at radius 2 is 1.71 bits per heavy atom. The van der Waals surface area contributed by atoms with E-state index in [0.717, 1.165) is 29.5 Å². The summed E-state index contributed by atoms with van der Waals surface area (Å²) in [6, 6.07) is 10.7. The van der Waals surface area contributed by atoms with E-state index < -0.39 is 5.82 Å². The third kappa shape index (κ3) is 5.05. The predicted octanol–water partition coefficient (Wildman–Crippen LogP) is 4.00. The Morgan fingerprint density at radius 1 is 1.04 bits per heavy atom. The Bertz CT molecular complexity index is 704. The molecule has 3 N–H and O–H groups in total. The monoisotopic (exact) mass is 350 g/mol. The van der Waals surface area contributed by atoms with Crippen LogP contribution < -0.4 is 11.1 Å². The van der Waals surface area contributed by atoms with Crippen LogP contribution in [0.25, 0.3) is 11.1 Å². The third-order valence-corrected chi connectivity index (χ3v) is 3.97. The van der Waals surface area contributed by atoms with E-state index in [4.69, 9.17) is 5.73 Å². The van der Waals surface area contributed by atoms with Crippen molar-refractivity contribution in [1.82, 2.24) is 5.32 Å². The lowest BCUT2D eigenvalue weighted by molar-refractivity contribution is 0.0949. The van der Waals surface area contributed by atoms with E-state index in [1.54, 1.807) is 6.07 Å². The number of nitrogens with two attached hydrogens (primary N) is 1. The second-order valence-corrected chi connectivity index (χ2v) is 5.75. The van der Waals surface area contributed by atoms with Gasteiger partial charge in [0.1, 0.15) is 5.82 Å². The van der Waals surface area contributed by atoms with Gasteiger partial charge < -0.3 is 11.1 Å². The highest BCUT2D eigenvalue weighted by molar-refractivity contribution is 5.95. The van der Waals surface area contributed by atoms with E-state index in [1.165, 1.54) is 17.7 Å². The van der Waals surface area contributed by atoms with E-state index in [9.17, 15) is 9.18 Å². The average Bonchev–Trinajstić information content (AvgIpc) is 2.54. The molecule has 1 amide bonds. The van der Waals surface area contributed by atoms with Crippen LogP contribution in [0.1, 0.15) is 34.3 Å². The largest absolute Gasteiger partial charge is 0.352 e. The Hall–Kier alpha value is -1.91. The number of hydrogen-bond donors (Lipinski definition) is 2. The van der Waals surface area contributed by atoms with Crippen LogP contribution in [0.15, 0.2) is 36.4 Å². The number of carbonyl (C=O) groups is 1. The van der Waals surface area contributed by atoms with Crippen molar-refractivity contribution in [3.63, 3.8) is 0 Å². The maximum atomic E-state index is 14.3. The molecule has 0 aromatic heterocycles. The van der Waals surface area contributed by atoms with Gasteiger partial charge in [-0.15, -0.1) is 12.4 Å². The maximum absolute atomic E-state index is 14.3. The van der Waals surface area contributed by atoms with E-state index in [2.05, 4.69) is 5.32 Å². The van der Waals surface area contributed by atoms with Gasteiger partial charge >= 0.3 is 0 Å². The molecule has 2 aromatic carbocycles. The molecule has 3 nitrogen and oxygen atoms in total. The molecule has 0 saturated carbocycles. The van der Waals surface area contributed by atoms with E-state index in [0.29, 0.717) is 13.1 Å². The summed E-state index contributed by atoms with van der Waals surface area (Å²) in [6.07, 6.45) is 1.64. The predicted molar refractivity (Wildman–Crippen MR) is 99.2 cm³/mol. The number of unbranched alkanes of at least 4 members (excludes halogenated alkanes) is 1. The number of nitrogens with one attached hydrogen (secondary N) is 1. The first-order valence-electron chi connectivity index (χ1n) is 7.88. The molecule has 0 unspecified atom stereocenters.